The third-order valence-electron chi connectivity index (χ3n) is 14.1. The molecule has 0 unspecified atom stereocenters. The number of para-hydroxylation sites is 2. The van der Waals surface area contributed by atoms with Crippen LogP contribution >= 0.6 is 0 Å². The van der Waals surface area contributed by atoms with Crippen LogP contribution in [0.2, 0.25) is 0 Å². The third kappa shape index (κ3) is 68.9. The molecular formula is C78H127N19O4. The van der Waals surface area contributed by atoms with Crippen molar-refractivity contribution in [3.05, 3.63) is 189 Å². The van der Waals surface area contributed by atoms with Crippen molar-refractivity contribution < 1.29 is 9.85 Å². The first-order valence-corrected chi connectivity index (χ1v) is 36.5. The lowest BCUT2D eigenvalue weighted by molar-refractivity contribution is -0.385. The molecule has 0 saturated heterocycles. The summed E-state index contributed by atoms with van der Waals surface area (Å²) in [6.07, 6.45) is 35.5. The van der Waals surface area contributed by atoms with Crippen LogP contribution in [0.15, 0.2) is 189 Å². The van der Waals surface area contributed by atoms with Crippen molar-refractivity contribution in [3.63, 3.8) is 0 Å². The lowest BCUT2D eigenvalue weighted by atomic mass is 10.1. The number of anilines is 6. The molecule has 558 valence electrons. The van der Waals surface area contributed by atoms with Gasteiger partial charge in [-0.3, -0.25) is 36.5 Å². The van der Waals surface area contributed by atoms with Crippen LogP contribution in [-0.2, 0) is 0 Å². The van der Waals surface area contributed by atoms with E-state index in [1.54, 1.807) is 48.5 Å². The van der Waals surface area contributed by atoms with Crippen LogP contribution in [0.1, 0.15) is 232 Å². The summed E-state index contributed by atoms with van der Waals surface area (Å²) in [7, 11) is 0. The highest BCUT2D eigenvalue weighted by molar-refractivity contribution is 5.49. The summed E-state index contributed by atoms with van der Waals surface area (Å²) in [5.41, 5.74) is 46.4. The Hall–Kier alpha value is -9.42. The molecule has 6 aromatic carbocycles. The fraction of sp³-hybridized carbons (Fsp3) is 0.513. The van der Waals surface area contributed by atoms with E-state index in [9.17, 15) is 20.2 Å². The van der Waals surface area contributed by atoms with Gasteiger partial charge in [0.15, 0.2) is 0 Å². The van der Waals surface area contributed by atoms with Crippen molar-refractivity contribution in [2.45, 2.75) is 221 Å². The van der Waals surface area contributed by atoms with Crippen molar-refractivity contribution in [1.82, 2.24) is 0 Å². The Bertz CT molecular complexity index is 2910. The first kappa shape index (κ1) is 95.8. The van der Waals surface area contributed by atoms with Crippen molar-refractivity contribution in [2.75, 3.05) is 72.7 Å². The minimum absolute atomic E-state index is 0.0641. The molecule has 0 aliphatic heterocycles. The molecule has 0 heterocycles. The Labute approximate surface area is 606 Å². The summed E-state index contributed by atoms with van der Waals surface area (Å²) >= 11 is 0. The number of benzene rings is 6. The summed E-state index contributed by atoms with van der Waals surface area (Å²) in [5.74, 6) is 0. The van der Waals surface area contributed by atoms with Crippen LogP contribution in [0.4, 0.5) is 45.5 Å². The second-order valence-electron chi connectivity index (χ2n) is 23.2. The van der Waals surface area contributed by atoms with E-state index in [1.807, 2.05) is 78.9 Å². The topological polar surface area (TPSA) is 400 Å². The Morgan fingerprint density at radius 2 is 0.564 bits per heavy atom. The van der Waals surface area contributed by atoms with Crippen molar-refractivity contribution in [3.8, 4) is 12.1 Å². The lowest BCUT2D eigenvalue weighted by Gasteiger charge is -1.99. The minimum Gasteiger partial charge on any atom is -0.399 e. The molecular weight excluding hydrogens is 1270 g/mol. The van der Waals surface area contributed by atoms with E-state index < -0.39 is 9.85 Å². The van der Waals surface area contributed by atoms with Gasteiger partial charge < -0.3 is 34.4 Å². The first-order chi connectivity index (χ1) is 49.2. The van der Waals surface area contributed by atoms with Crippen molar-refractivity contribution in [2.24, 2.45) is 48.2 Å². The fourth-order valence-electron chi connectivity index (χ4n) is 8.07. The van der Waals surface area contributed by atoms with Gasteiger partial charge in [0.05, 0.1) is 69.8 Å². The molecule has 23 nitrogen and oxygen atoms in total. The zero-order valence-electron chi connectivity index (χ0n) is 62.1. The molecule has 0 saturated carbocycles. The molecule has 101 heavy (non-hydrogen) atoms. The van der Waals surface area contributed by atoms with Gasteiger partial charge in [-0.1, -0.05) is 235 Å². The molecule has 23 heteroatoms. The molecule has 6 rings (SSSR count). The summed E-state index contributed by atoms with van der Waals surface area (Å²) in [6, 6.07) is 49.2. The predicted octanol–water partition coefficient (Wildman–Crippen LogP) is 21.6. The van der Waals surface area contributed by atoms with Crippen molar-refractivity contribution in [1.29, 1.82) is 10.5 Å². The minimum atomic E-state index is -0.459. The number of nitrogens with two attached hydrogens (primary N) is 6. The van der Waals surface area contributed by atoms with Gasteiger partial charge in [0.2, 0.25) is 0 Å². The van der Waals surface area contributed by atoms with Gasteiger partial charge in [0, 0.05) is 41.3 Å². The Kier molecular flexibility index (Phi) is 72.4. The van der Waals surface area contributed by atoms with Crippen molar-refractivity contribution >= 4 is 45.5 Å². The molecule has 0 atom stereocenters. The van der Waals surface area contributed by atoms with E-state index in [4.69, 9.17) is 44.9 Å². The molecule has 0 bridgehead atoms. The maximum absolute atomic E-state index is 10.5. The van der Waals surface area contributed by atoms with Gasteiger partial charge >= 0.3 is 0 Å². The number of nitriles is 2. The SMILES string of the molecule is CCCCCCCCN.CCCCCCCCN=NNc1ccc([N+](=O)[O-])cc1.CCCCCCN.CCCCCCN.CCCCCCN=NNc1ccc(C#N)cc1.CCCCCCN=NNc1ccccc1.N#Cc1ccc(N)cc1.Nc1ccc([N+](=O)[O-])cc1.Nc1ccccc1. The van der Waals surface area contributed by atoms with Crippen LogP contribution < -0.4 is 50.7 Å². The van der Waals surface area contributed by atoms with Gasteiger partial charge in [0.25, 0.3) is 11.4 Å². The van der Waals surface area contributed by atoms with E-state index in [0.717, 1.165) is 69.0 Å². The smallest absolute Gasteiger partial charge is 0.269 e. The number of rotatable bonds is 39. The van der Waals surface area contributed by atoms with Crippen LogP contribution in [-0.4, -0.2) is 49.1 Å². The van der Waals surface area contributed by atoms with Crippen LogP contribution in [0, 0.1) is 42.9 Å². The summed E-state index contributed by atoms with van der Waals surface area (Å²) < 4.78 is 0. The molecule has 0 aliphatic rings. The Balaban J connectivity index is -0.00000110. The number of nitro groups is 2. The molecule has 0 spiro atoms. The quantitative estimate of drug-likeness (QED) is 0.00569. The Morgan fingerprint density at radius 1 is 0.327 bits per heavy atom. The molecule has 15 N–H and O–H groups in total. The van der Waals surface area contributed by atoms with E-state index in [2.05, 4.69) is 94.9 Å². The lowest BCUT2D eigenvalue weighted by Crippen LogP contribution is -1.97. The summed E-state index contributed by atoms with van der Waals surface area (Å²) in [4.78, 5) is 19.7. The molecule has 6 aromatic rings. The molecule has 0 aromatic heterocycles. The first-order valence-electron chi connectivity index (χ1n) is 36.5. The van der Waals surface area contributed by atoms with E-state index in [1.165, 1.54) is 197 Å². The number of nitrogens with zero attached hydrogens (tertiary/aromatic N) is 10. The highest BCUT2D eigenvalue weighted by Crippen LogP contribution is 2.17. The van der Waals surface area contributed by atoms with Gasteiger partial charge in [-0.05, 0) is 155 Å². The average Bonchev–Trinajstić information content (AvgIpc) is 1.15. The van der Waals surface area contributed by atoms with Gasteiger partial charge in [-0.15, -0.1) is 0 Å². The second-order valence-corrected chi connectivity index (χ2v) is 23.2. The molecule has 0 amide bonds. The standard InChI is InChI=1S/C14H22N4O2.C13H18N4.C12H19N3.C8H19N.C7H6N2.C6H6N2O2.C6H7N.2C6H15N/c1-2-3-4-5-6-7-12-15-17-16-13-8-10-14(11-9-13)18(19)20;1-2-3-4-5-10-15-17-16-13-8-6-12(11-14)7-9-13;1-2-3-4-8-11-13-15-14-12-9-6-5-7-10-12;1-2-3-4-5-6-7-8-9;8-5-6-1-3-7(9)4-2-6;7-5-1-3-6(4-2-5)8(9)10;7-6-4-2-1-3-5-6;2*1-2-3-4-5-6-7/h8-11H,2-7,12H2,1H3,(H,15,16);6-9H,2-5,10H2,1H3,(H,15,16);5-7,9-10H,2-4,8,11H2,1H3,(H,13,14);2-9H2,1H3;1-4H,9H2;1-4H,7H2;1-5H,7H2;2*2-7H2,1H3. The fourth-order valence-corrected chi connectivity index (χ4v) is 8.07. The largest absolute Gasteiger partial charge is 0.399 e. The highest BCUT2D eigenvalue weighted by Gasteiger charge is 2.04. The zero-order valence-corrected chi connectivity index (χ0v) is 62.1. The number of hydrogen-bond donors (Lipinski definition) is 9. The number of nitrogen functional groups attached to an aromatic ring is 3. The molecule has 0 aliphatic carbocycles. The molecule has 0 fully saturated rings. The summed E-state index contributed by atoms with van der Waals surface area (Å²) in [6.45, 7) is 18.1. The maximum Gasteiger partial charge on any atom is 0.269 e. The number of nitro benzene ring substituents is 2. The molecule has 0 radical (unpaired) electrons. The predicted molar refractivity (Wildman–Crippen MR) is 425 cm³/mol. The van der Waals surface area contributed by atoms with Crippen LogP contribution in [0.25, 0.3) is 0 Å². The second kappa shape index (κ2) is 76.3. The summed E-state index contributed by atoms with van der Waals surface area (Å²) in [5, 5.41) is 61.3. The number of non-ortho nitro benzene ring substituents is 2. The van der Waals surface area contributed by atoms with Crippen LogP contribution in [0.3, 0.4) is 0 Å². The van der Waals surface area contributed by atoms with Gasteiger partial charge in [0.1, 0.15) is 0 Å². The average molecular weight is 1400 g/mol. The highest BCUT2D eigenvalue weighted by atomic mass is 16.6. The number of unbranched alkanes of at least 4 members (excludes halogenated alkanes) is 22. The van der Waals surface area contributed by atoms with Gasteiger partial charge in [-0.2, -0.15) is 25.9 Å². The third-order valence-corrected chi connectivity index (χ3v) is 14.1. The number of hydrogen-bond acceptors (Lipinski definition) is 18. The normalized spacial score (nSPS) is 9.93. The van der Waals surface area contributed by atoms with Crippen LogP contribution in [0.5, 0.6) is 0 Å². The van der Waals surface area contributed by atoms with E-state index in [0.29, 0.717) is 34.7 Å². The monoisotopic (exact) mass is 1390 g/mol. The number of nitrogens with one attached hydrogen (secondary N) is 3. The Morgan fingerprint density at radius 3 is 0.861 bits per heavy atom. The van der Waals surface area contributed by atoms with E-state index >= 15 is 0 Å². The van der Waals surface area contributed by atoms with E-state index in [-0.39, 0.29) is 11.4 Å². The zero-order chi connectivity index (χ0) is 75.1. The maximum atomic E-state index is 10.5. The van der Waals surface area contributed by atoms with Gasteiger partial charge in [-0.25, -0.2) is 0 Å².